The van der Waals surface area contributed by atoms with Crippen LogP contribution in [0.5, 0.6) is 5.75 Å². The van der Waals surface area contributed by atoms with Crippen molar-refractivity contribution in [3.05, 3.63) is 40.4 Å². The number of carbonyl (C=O) groups is 1. The number of likely N-dealkylation sites (tertiary alicyclic amines) is 1. The summed E-state index contributed by atoms with van der Waals surface area (Å²) in [6.07, 6.45) is 4.41. The molecule has 1 aliphatic heterocycles. The average molecular weight is 345 g/mol. The van der Waals surface area contributed by atoms with E-state index in [1.54, 1.807) is 7.11 Å². The second kappa shape index (κ2) is 7.75. The minimum Gasteiger partial charge on any atom is -0.497 e. The molecule has 128 valence electrons. The van der Waals surface area contributed by atoms with Gasteiger partial charge < -0.3 is 9.64 Å². The Kier molecular flexibility index (Phi) is 5.45. The highest BCUT2D eigenvalue weighted by atomic mass is 32.1. The minimum absolute atomic E-state index is 0.0941. The zero-order valence-corrected chi connectivity index (χ0v) is 15.0. The Bertz CT molecular complexity index is 684. The van der Waals surface area contributed by atoms with Crippen LogP contribution in [-0.2, 0) is 6.42 Å². The molecule has 1 aliphatic rings. The van der Waals surface area contributed by atoms with Crippen molar-refractivity contribution in [3.63, 3.8) is 0 Å². The summed E-state index contributed by atoms with van der Waals surface area (Å²) >= 11 is 1.20. The van der Waals surface area contributed by atoms with Crippen molar-refractivity contribution >= 4 is 17.4 Å². The Morgan fingerprint density at radius 3 is 2.83 bits per heavy atom. The van der Waals surface area contributed by atoms with Crippen LogP contribution in [0.3, 0.4) is 0 Å². The number of hydrogen-bond acceptors (Lipinski definition) is 5. The summed E-state index contributed by atoms with van der Waals surface area (Å²) in [6.45, 7) is 3.53. The molecule has 24 heavy (non-hydrogen) atoms. The van der Waals surface area contributed by atoms with Gasteiger partial charge in [0.25, 0.3) is 5.91 Å². The Balaban J connectivity index is 1.55. The summed E-state index contributed by atoms with van der Waals surface area (Å²) in [5.74, 6) is 1.55. The van der Waals surface area contributed by atoms with Gasteiger partial charge in [0.05, 0.1) is 12.8 Å². The van der Waals surface area contributed by atoms with Gasteiger partial charge in [-0.25, -0.2) is 0 Å². The molecule has 2 aromatic rings. The van der Waals surface area contributed by atoms with Gasteiger partial charge in [-0.15, -0.1) is 5.10 Å². The maximum Gasteiger partial charge on any atom is 0.267 e. The summed E-state index contributed by atoms with van der Waals surface area (Å²) < 4.78 is 9.08. The van der Waals surface area contributed by atoms with Crippen molar-refractivity contribution in [3.8, 4) is 5.75 Å². The number of aromatic nitrogens is 2. The third kappa shape index (κ3) is 3.93. The van der Waals surface area contributed by atoms with E-state index in [0.29, 0.717) is 10.8 Å². The van der Waals surface area contributed by atoms with Crippen LogP contribution in [0.2, 0.25) is 0 Å². The van der Waals surface area contributed by atoms with E-state index in [9.17, 15) is 4.79 Å². The van der Waals surface area contributed by atoms with Gasteiger partial charge in [0, 0.05) is 13.1 Å². The van der Waals surface area contributed by atoms with E-state index in [0.717, 1.165) is 43.8 Å². The van der Waals surface area contributed by atoms with Gasteiger partial charge >= 0.3 is 0 Å². The van der Waals surface area contributed by atoms with Crippen LogP contribution in [0.15, 0.2) is 24.3 Å². The second-order valence-electron chi connectivity index (χ2n) is 6.33. The van der Waals surface area contributed by atoms with Crippen molar-refractivity contribution in [2.24, 2.45) is 5.92 Å². The molecule has 0 spiro atoms. The number of rotatable bonds is 5. The van der Waals surface area contributed by atoms with E-state index in [2.05, 4.69) is 21.7 Å². The van der Waals surface area contributed by atoms with E-state index < -0.39 is 0 Å². The van der Waals surface area contributed by atoms with Crippen LogP contribution >= 0.6 is 11.5 Å². The van der Waals surface area contributed by atoms with Crippen LogP contribution in [0.1, 0.15) is 40.2 Å². The summed E-state index contributed by atoms with van der Waals surface area (Å²) in [5, 5.41) is 3.95. The van der Waals surface area contributed by atoms with Crippen LogP contribution < -0.4 is 4.74 Å². The van der Waals surface area contributed by atoms with Gasteiger partial charge in [0.1, 0.15) is 10.6 Å². The highest BCUT2D eigenvalue weighted by Gasteiger charge is 2.26. The predicted molar refractivity (Wildman–Crippen MR) is 94.6 cm³/mol. The first kappa shape index (κ1) is 16.9. The number of aryl methyl sites for hydroxylation is 2. The minimum atomic E-state index is 0.0941. The van der Waals surface area contributed by atoms with E-state index in [1.165, 1.54) is 23.5 Å². The standard InChI is InChI=1S/C18H23N3O2S/c1-13-17(24-20-19-13)18(22)21-11-3-4-15(12-21)6-5-14-7-9-16(23-2)10-8-14/h7-10,15H,3-6,11-12H2,1-2H3. The maximum atomic E-state index is 12.6. The van der Waals surface area contributed by atoms with E-state index >= 15 is 0 Å². The van der Waals surface area contributed by atoms with Crippen molar-refractivity contribution in [1.82, 2.24) is 14.5 Å². The number of piperidine rings is 1. The molecule has 0 saturated carbocycles. The predicted octanol–water partition coefficient (Wildman–Crippen LogP) is 3.34. The first-order chi connectivity index (χ1) is 11.7. The summed E-state index contributed by atoms with van der Waals surface area (Å²) in [4.78, 5) is 15.3. The monoisotopic (exact) mass is 345 g/mol. The molecular weight excluding hydrogens is 322 g/mol. The lowest BCUT2D eigenvalue weighted by molar-refractivity contribution is 0.0672. The Morgan fingerprint density at radius 2 is 2.17 bits per heavy atom. The Hall–Kier alpha value is -1.95. The number of amides is 1. The lowest BCUT2D eigenvalue weighted by Crippen LogP contribution is -2.40. The molecule has 0 radical (unpaired) electrons. The normalized spacial score (nSPS) is 17.8. The van der Waals surface area contributed by atoms with Crippen molar-refractivity contribution in [2.75, 3.05) is 20.2 Å². The van der Waals surface area contributed by atoms with E-state index in [1.807, 2.05) is 24.0 Å². The van der Waals surface area contributed by atoms with Gasteiger partial charge in [-0.1, -0.05) is 16.6 Å². The lowest BCUT2D eigenvalue weighted by atomic mass is 9.91. The quantitative estimate of drug-likeness (QED) is 0.834. The van der Waals surface area contributed by atoms with Crippen molar-refractivity contribution in [1.29, 1.82) is 0 Å². The number of benzene rings is 1. The maximum absolute atomic E-state index is 12.6. The summed E-state index contributed by atoms with van der Waals surface area (Å²) in [7, 11) is 1.68. The Labute approximate surface area is 146 Å². The fraction of sp³-hybridized carbons (Fsp3) is 0.500. The largest absolute Gasteiger partial charge is 0.497 e. The van der Waals surface area contributed by atoms with Gasteiger partial charge in [-0.05, 0) is 67.8 Å². The molecular formula is C18H23N3O2S. The molecule has 0 N–H and O–H groups in total. The van der Waals surface area contributed by atoms with Crippen LogP contribution in [-0.4, -0.2) is 40.6 Å². The van der Waals surface area contributed by atoms with Gasteiger partial charge in [-0.2, -0.15) is 0 Å². The van der Waals surface area contributed by atoms with Crippen LogP contribution in [0.25, 0.3) is 0 Å². The molecule has 1 aromatic carbocycles. The summed E-state index contributed by atoms with van der Waals surface area (Å²) in [6, 6.07) is 8.26. The number of carbonyl (C=O) groups excluding carboxylic acids is 1. The van der Waals surface area contributed by atoms with Crippen LogP contribution in [0.4, 0.5) is 0 Å². The SMILES string of the molecule is COc1ccc(CCC2CCCN(C(=O)c3snnc3C)C2)cc1. The smallest absolute Gasteiger partial charge is 0.267 e. The van der Waals surface area contributed by atoms with Crippen molar-refractivity contribution in [2.45, 2.75) is 32.6 Å². The molecule has 3 rings (SSSR count). The van der Waals surface area contributed by atoms with Gasteiger partial charge in [0.2, 0.25) is 0 Å². The molecule has 1 saturated heterocycles. The molecule has 1 aromatic heterocycles. The molecule has 2 heterocycles. The van der Waals surface area contributed by atoms with Crippen molar-refractivity contribution < 1.29 is 9.53 Å². The molecule has 6 heteroatoms. The average Bonchev–Trinajstić information content (AvgIpc) is 3.06. The molecule has 5 nitrogen and oxygen atoms in total. The highest BCUT2D eigenvalue weighted by molar-refractivity contribution is 7.07. The fourth-order valence-corrected chi connectivity index (χ4v) is 3.84. The topological polar surface area (TPSA) is 55.3 Å². The summed E-state index contributed by atoms with van der Waals surface area (Å²) in [5.41, 5.74) is 2.06. The third-order valence-corrected chi connectivity index (χ3v) is 5.47. The van der Waals surface area contributed by atoms with Crippen LogP contribution in [0, 0.1) is 12.8 Å². The molecule has 0 aliphatic carbocycles. The van der Waals surface area contributed by atoms with Gasteiger partial charge in [-0.3, -0.25) is 4.79 Å². The molecule has 1 unspecified atom stereocenters. The van der Waals surface area contributed by atoms with E-state index in [-0.39, 0.29) is 5.91 Å². The third-order valence-electron chi connectivity index (χ3n) is 4.65. The highest BCUT2D eigenvalue weighted by Crippen LogP contribution is 2.24. The number of ether oxygens (including phenoxy) is 1. The zero-order valence-electron chi connectivity index (χ0n) is 14.2. The van der Waals surface area contributed by atoms with Gasteiger partial charge in [0.15, 0.2) is 0 Å². The first-order valence-electron chi connectivity index (χ1n) is 8.38. The molecule has 0 bridgehead atoms. The molecule has 1 atom stereocenters. The Morgan fingerprint density at radius 1 is 1.38 bits per heavy atom. The number of nitrogens with zero attached hydrogens (tertiary/aromatic N) is 3. The molecule has 1 fully saturated rings. The first-order valence-corrected chi connectivity index (χ1v) is 9.16. The van der Waals surface area contributed by atoms with E-state index in [4.69, 9.17) is 4.74 Å². The number of methoxy groups -OCH3 is 1. The lowest BCUT2D eigenvalue weighted by Gasteiger charge is -2.32. The molecule has 1 amide bonds. The number of hydrogen-bond donors (Lipinski definition) is 0. The zero-order chi connectivity index (χ0) is 16.9. The fourth-order valence-electron chi connectivity index (χ4n) is 3.22. The second-order valence-corrected chi connectivity index (χ2v) is 7.09.